The van der Waals surface area contributed by atoms with Crippen LogP contribution in [0.2, 0.25) is 5.02 Å². The molecule has 1 saturated heterocycles. The van der Waals surface area contributed by atoms with Gasteiger partial charge in [-0.2, -0.15) is 0 Å². The van der Waals surface area contributed by atoms with Crippen molar-refractivity contribution in [1.29, 1.82) is 0 Å². The van der Waals surface area contributed by atoms with Crippen LogP contribution in [-0.4, -0.2) is 60.1 Å². The molecule has 166 valence electrons. The van der Waals surface area contributed by atoms with E-state index < -0.39 is 47.7 Å². The Morgan fingerprint density at radius 3 is 2.20 bits per heavy atom. The molecule has 0 aliphatic carbocycles. The number of halogens is 1. The molecule has 1 aromatic rings. The molecule has 2 N–H and O–H groups in total. The van der Waals surface area contributed by atoms with E-state index in [1.54, 1.807) is 0 Å². The monoisotopic (exact) mass is 459 g/mol. The molecule has 1 aliphatic heterocycles. The van der Waals surface area contributed by atoms with Crippen LogP contribution in [0.4, 0.5) is 0 Å². The van der Waals surface area contributed by atoms with Gasteiger partial charge in [-0.05, 0) is 29.9 Å². The van der Waals surface area contributed by atoms with Crippen molar-refractivity contribution in [3.63, 3.8) is 0 Å². The van der Waals surface area contributed by atoms with Gasteiger partial charge >= 0.3 is 17.9 Å². The second kappa shape index (κ2) is 11.5. The van der Waals surface area contributed by atoms with Crippen LogP contribution in [0.5, 0.6) is 0 Å². The maximum atomic E-state index is 11.6. The van der Waals surface area contributed by atoms with Gasteiger partial charge in [0.05, 0.1) is 6.04 Å². The third-order valence-corrected chi connectivity index (χ3v) is 5.74. The smallest absolute Gasteiger partial charge is 0.303 e. The van der Waals surface area contributed by atoms with Gasteiger partial charge in [-0.3, -0.25) is 14.4 Å². The Bertz CT molecular complexity index is 743. The second-order valence-corrected chi connectivity index (χ2v) is 8.46. The molecule has 0 amide bonds. The highest BCUT2D eigenvalue weighted by atomic mass is 35.5. The molecule has 0 aromatic heterocycles. The highest BCUT2D eigenvalue weighted by molar-refractivity contribution is 7.99. The number of aryl methyl sites for hydroxylation is 1. The van der Waals surface area contributed by atoms with E-state index in [0.717, 1.165) is 12.0 Å². The standard InChI is InChI=1S/C20H26ClNO7S/c1-11(23)26-10-16-18(27-12(2)24)17(22)19(28-13(3)25)20(29-16)30-9-8-14-4-6-15(21)7-5-14/h4-7,16-20H,8-10,22H2,1-3H3. The molecule has 10 heteroatoms. The van der Waals surface area contributed by atoms with Crippen LogP contribution in [0, 0.1) is 0 Å². The highest BCUT2D eigenvalue weighted by Crippen LogP contribution is 2.32. The lowest BCUT2D eigenvalue weighted by molar-refractivity contribution is -0.201. The van der Waals surface area contributed by atoms with E-state index >= 15 is 0 Å². The van der Waals surface area contributed by atoms with E-state index in [1.807, 2.05) is 24.3 Å². The third-order valence-electron chi connectivity index (χ3n) is 4.34. The number of thioether (sulfide) groups is 1. The first kappa shape index (κ1) is 24.5. The van der Waals surface area contributed by atoms with Gasteiger partial charge in [-0.1, -0.05) is 23.7 Å². The summed E-state index contributed by atoms with van der Waals surface area (Å²) in [6.45, 7) is 3.64. The first-order valence-corrected chi connectivity index (χ1v) is 10.8. The lowest BCUT2D eigenvalue weighted by Crippen LogP contribution is -2.63. The largest absolute Gasteiger partial charge is 0.463 e. The zero-order chi connectivity index (χ0) is 22.3. The normalized spacial score (nSPS) is 26.0. The zero-order valence-corrected chi connectivity index (χ0v) is 18.6. The van der Waals surface area contributed by atoms with Crippen molar-refractivity contribution in [2.75, 3.05) is 12.4 Å². The fourth-order valence-electron chi connectivity index (χ4n) is 3.03. The van der Waals surface area contributed by atoms with Gasteiger partial charge in [0.15, 0.2) is 6.10 Å². The summed E-state index contributed by atoms with van der Waals surface area (Å²) < 4.78 is 21.8. The molecule has 1 aromatic carbocycles. The number of hydrogen-bond acceptors (Lipinski definition) is 9. The van der Waals surface area contributed by atoms with E-state index in [2.05, 4.69) is 0 Å². The van der Waals surface area contributed by atoms with Crippen LogP contribution in [0.25, 0.3) is 0 Å². The molecule has 5 atom stereocenters. The molecule has 8 nitrogen and oxygen atoms in total. The number of esters is 3. The van der Waals surface area contributed by atoms with Crippen LogP contribution in [0.3, 0.4) is 0 Å². The quantitative estimate of drug-likeness (QED) is 0.461. The average molecular weight is 460 g/mol. The average Bonchev–Trinajstić information content (AvgIpc) is 2.66. The summed E-state index contributed by atoms with van der Waals surface area (Å²) in [5.41, 5.74) is 6.77. The van der Waals surface area contributed by atoms with E-state index in [4.69, 9.17) is 36.3 Å². The minimum Gasteiger partial charge on any atom is -0.463 e. The molecule has 1 aliphatic rings. The van der Waals surface area contributed by atoms with Gasteiger partial charge in [0, 0.05) is 25.8 Å². The zero-order valence-electron chi connectivity index (χ0n) is 17.0. The van der Waals surface area contributed by atoms with E-state index in [0.29, 0.717) is 10.8 Å². The Labute approximate surface area is 184 Å². The summed E-state index contributed by atoms with van der Waals surface area (Å²) in [6, 6.07) is 6.64. The molecule has 0 spiro atoms. The second-order valence-electron chi connectivity index (χ2n) is 6.82. The van der Waals surface area contributed by atoms with Gasteiger partial charge < -0.3 is 24.7 Å². The fourth-order valence-corrected chi connectivity index (χ4v) is 4.39. The van der Waals surface area contributed by atoms with Gasteiger partial charge in [0.1, 0.15) is 24.3 Å². The summed E-state index contributed by atoms with van der Waals surface area (Å²) in [4.78, 5) is 34.4. The van der Waals surface area contributed by atoms with E-state index in [9.17, 15) is 14.4 Å². The molecular weight excluding hydrogens is 434 g/mol. The van der Waals surface area contributed by atoms with Gasteiger partial charge in [-0.25, -0.2) is 0 Å². The number of hydrogen-bond donors (Lipinski definition) is 1. The minimum atomic E-state index is -0.931. The Balaban J connectivity index is 2.12. The lowest BCUT2D eigenvalue weighted by Gasteiger charge is -2.43. The topological polar surface area (TPSA) is 114 Å². The van der Waals surface area contributed by atoms with Crippen LogP contribution >= 0.6 is 23.4 Å². The number of benzene rings is 1. The van der Waals surface area contributed by atoms with Crippen molar-refractivity contribution in [3.05, 3.63) is 34.9 Å². The SMILES string of the molecule is CC(=O)OCC1OC(SCCc2ccc(Cl)cc2)C(OC(C)=O)C(N)C1OC(C)=O. The molecule has 2 rings (SSSR count). The van der Waals surface area contributed by atoms with Gasteiger partial charge in [-0.15, -0.1) is 11.8 Å². The summed E-state index contributed by atoms with van der Waals surface area (Å²) >= 11 is 7.33. The Hall–Kier alpha value is -1.81. The molecule has 5 unspecified atom stereocenters. The molecule has 0 bridgehead atoms. The van der Waals surface area contributed by atoms with Gasteiger partial charge in [0.2, 0.25) is 0 Å². The van der Waals surface area contributed by atoms with E-state index in [1.165, 1.54) is 32.5 Å². The maximum absolute atomic E-state index is 11.6. The highest BCUT2D eigenvalue weighted by Gasteiger charge is 2.48. The van der Waals surface area contributed by atoms with Crippen LogP contribution < -0.4 is 5.73 Å². The molecule has 30 heavy (non-hydrogen) atoms. The minimum absolute atomic E-state index is 0.137. The van der Waals surface area contributed by atoms with Gasteiger partial charge in [0.25, 0.3) is 0 Å². The van der Waals surface area contributed by atoms with Crippen molar-refractivity contribution in [2.45, 2.75) is 57.0 Å². The summed E-state index contributed by atoms with van der Waals surface area (Å²) in [5, 5.41) is 0.660. The Morgan fingerprint density at radius 2 is 1.63 bits per heavy atom. The molecule has 1 fully saturated rings. The first-order valence-electron chi connectivity index (χ1n) is 9.42. The van der Waals surface area contributed by atoms with Crippen molar-refractivity contribution in [2.24, 2.45) is 5.73 Å². The molecule has 0 saturated carbocycles. The summed E-state index contributed by atoms with van der Waals surface area (Å²) in [7, 11) is 0. The summed E-state index contributed by atoms with van der Waals surface area (Å²) in [5.74, 6) is -0.942. The first-order chi connectivity index (χ1) is 14.2. The van der Waals surface area contributed by atoms with Crippen molar-refractivity contribution >= 4 is 41.3 Å². The van der Waals surface area contributed by atoms with Crippen LogP contribution in [-0.2, 0) is 39.8 Å². The third kappa shape index (κ3) is 7.46. The number of carbonyl (C=O) groups is 3. The number of carbonyl (C=O) groups excluding carboxylic acids is 3. The summed E-state index contributed by atoms with van der Waals surface area (Å²) in [6.07, 6.45) is -1.83. The molecular formula is C20H26ClNO7S. The Kier molecular flexibility index (Phi) is 9.41. The predicted molar refractivity (Wildman–Crippen MR) is 112 cm³/mol. The lowest BCUT2D eigenvalue weighted by atomic mass is 9.97. The maximum Gasteiger partial charge on any atom is 0.303 e. The number of nitrogens with two attached hydrogens (primary N) is 1. The van der Waals surface area contributed by atoms with Crippen molar-refractivity contribution in [3.8, 4) is 0 Å². The van der Waals surface area contributed by atoms with E-state index in [-0.39, 0.29) is 6.61 Å². The fraction of sp³-hybridized carbons (Fsp3) is 0.550. The number of rotatable bonds is 8. The van der Waals surface area contributed by atoms with Crippen LogP contribution in [0.15, 0.2) is 24.3 Å². The molecule has 0 radical (unpaired) electrons. The van der Waals surface area contributed by atoms with Crippen LogP contribution in [0.1, 0.15) is 26.3 Å². The Morgan fingerprint density at radius 1 is 1.03 bits per heavy atom. The van der Waals surface area contributed by atoms with Crippen molar-refractivity contribution in [1.82, 2.24) is 0 Å². The predicted octanol–water partition coefficient (Wildman–Crippen LogP) is 2.09. The van der Waals surface area contributed by atoms with Crippen molar-refractivity contribution < 1.29 is 33.3 Å². The number of ether oxygens (including phenoxy) is 4. The molecule has 1 heterocycles.